The van der Waals surface area contributed by atoms with Crippen LogP contribution in [0.4, 0.5) is 5.69 Å². The van der Waals surface area contributed by atoms with Gasteiger partial charge in [-0.15, -0.1) is 0 Å². The molecule has 2 amide bonds. The maximum atomic E-state index is 11.3. The van der Waals surface area contributed by atoms with Crippen LogP contribution in [0.15, 0.2) is 30.6 Å². The monoisotopic (exact) mass is 188 g/mol. The van der Waals surface area contributed by atoms with Crippen LogP contribution in [-0.4, -0.2) is 16.8 Å². The second-order valence-corrected chi connectivity index (χ2v) is 3.01. The Bertz CT molecular complexity index is 420. The van der Waals surface area contributed by atoms with Crippen molar-refractivity contribution in [3.8, 4) is 0 Å². The quantitative estimate of drug-likeness (QED) is 0.613. The van der Waals surface area contributed by atoms with Crippen LogP contribution in [0.2, 0.25) is 0 Å². The van der Waals surface area contributed by atoms with Crippen molar-refractivity contribution in [2.24, 2.45) is 0 Å². The number of nitrogens with zero attached hydrogens (tertiary/aromatic N) is 2. The van der Waals surface area contributed by atoms with E-state index in [1.807, 2.05) is 0 Å². The van der Waals surface area contributed by atoms with Gasteiger partial charge in [-0.2, -0.15) is 0 Å². The van der Waals surface area contributed by atoms with Crippen molar-refractivity contribution in [3.05, 3.63) is 36.2 Å². The lowest BCUT2D eigenvalue weighted by atomic mass is 10.2. The number of aromatic nitrogens is 1. The molecule has 4 heteroatoms. The molecule has 0 atom stereocenters. The Morgan fingerprint density at radius 3 is 2.43 bits per heavy atom. The first-order valence-corrected chi connectivity index (χ1v) is 4.17. The van der Waals surface area contributed by atoms with Gasteiger partial charge in [0, 0.05) is 24.5 Å². The minimum absolute atomic E-state index is 0.302. The van der Waals surface area contributed by atoms with Crippen molar-refractivity contribution in [2.75, 3.05) is 4.90 Å². The van der Waals surface area contributed by atoms with Gasteiger partial charge in [-0.3, -0.25) is 14.6 Å². The molecule has 1 aromatic rings. The molecule has 70 valence electrons. The highest BCUT2D eigenvalue weighted by atomic mass is 16.2. The molecule has 0 aromatic carbocycles. The molecule has 1 aliphatic rings. The third kappa shape index (κ3) is 1.21. The van der Waals surface area contributed by atoms with Gasteiger partial charge in [-0.25, -0.2) is 4.90 Å². The molecular weight excluding hydrogens is 180 g/mol. The van der Waals surface area contributed by atoms with Crippen molar-refractivity contribution in [3.63, 3.8) is 0 Å². The summed E-state index contributed by atoms with van der Waals surface area (Å²) in [6.45, 7) is 1.81. The lowest BCUT2D eigenvalue weighted by molar-refractivity contribution is -0.119. The van der Waals surface area contributed by atoms with Crippen LogP contribution < -0.4 is 4.90 Å². The van der Waals surface area contributed by atoms with Crippen LogP contribution in [0.25, 0.3) is 0 Å². The number of amides is 2. The molecule has 0 saturated heterocycles. The second kappa shape index (κ2) is 3.06. The topological polar surface area (TPSA) is 50.3 Å². The van der Waals surface area contributed by atoms with Gasteiger partial charge in [0.05, 0.1) is 5.69 Å². The van der Waals surface area contributed by atoms with E-state index in [0.29, 0.717) is 5.69 Å². The zero-order valence-corrected chi connectivity index (χ0v) is 7.60. The predicted molar refractivity (Wildman–Crippen MR) is 50.6 cm³/mol. The lowest BCUT2D eigenvalue weighted by Crippen LogP contribution is -2.30. The maximum absolute atomic E-state index is 11.3. The number of anilines is 1. The van der Waals surface area contributed by atoms with Crippen LogP contribution >= 0.6 is 0 Å². The Morgan fingerprint density at radius 1 is 1.21 bits per heavy atom. The van der Waals surface area contributed by atoms with Crippen LogP contribution in [0.5, 0.6) is 0 Å². The minimum Gasteiger partial charge on any atom is -0.269 e. The van der Waals surface area contributed by atoms with Gasteiger partial charge in [0.15, 0.2) is 0 Å². The van der Waals surface area contributed by atoms with Gasteiger partial charge in [0.2, 0.25) is 0 Å². The summed E-state index contributed by atoms with van der Waals surface area (Å²) >= 11 is 0. The molecule has 1 aliphatic heterocycles. The fourth-order valence-electron chi connectivity index (χ4n) is 1.35. The molecule has 0 spiro atoms. The fourth-order valence-corrected chi connectivity index (χ4v) is 1.35. The van der Waals surface area contributed by atoms with Gasteiger partial charge in [0.25, 0.3) is 11.8 Å². The third-order valence-electron chi connectivity index (χ3n) is 2.04. The van der Waals surface area contributed by atoms with Gasteiger partial charge < -0.3 is 0 Å². The van der Waals surface area contributed by atoms with E-state index in [1.54, 1.807) is 25.4 Å². The summed E-state index contributed by atoms with van der Waals surface area (Å²) < 4.78 is 0. The van der Waals surface area contributed by atoms with Gasteiger partial charge in [-0.1, -0.05) is 0 Å². The first kappa shape index (κ1) is 8.62. The Morgan fingerprint density at radius 2 is 1.86 bits per heavy atom. The molecule has 0 saturated carbocycles. The summed E-state index contributed by atoms with van der Waals surface area (Å²) in [5.41, 5.74) is 1.40. The van der Waals surface area contributed by atoms with Gasteiger partial charge in [0.1, 0.15) is 0 Å². The lowest BCUT2D eigenvalue weighted by Gasteiger charge is -2.15. The molecule has 2 rings (SSSR count). The number of aryl methyl sites for hydroxylation is 1. The average Bonchev–Trinajstić information content (AvgIpc) is 2.48. The molecule has 0 bridgehead atoms. The predicted octanol–water partition coefficient (Wildman–Crippen LogP) is 0.819. The molecule has 1 aromatic heterocycles. The van der Waals surface area contributed by atoms with E-state index in [0.717, 1.165) is 10.5 Å². The summed E-state index contributed by atoms with van der Waals surface area (Å²) in [6, 6.07) is 1.65. The Labute approximate surface area is 80.9 Å². The highest BCUT2D eigenvalue weighted by Crippen LogP contribution is 2.21. The number of rotatable bonds is 1. The van der Waals surface area contributed by atoms with Crippen molar-refractivity contribution < 1.29 is 9.59 Å². The molecule has 0 unspecified atom stereocenters. The molecule has 4 nitrogen and oxygen atoms in total. The molecular formula is C10H8N2O2. The minimum atomic E-state index is -0.302. The summed E-state index contributed by atoms with van der Waals surface area (Å²) in [4.78, 5) is 27.7. The van der Waals surface area contributed by atoms with Crippen molar-refractivity contribution in [1.29, 1.82) is 0 Å². The van der Waals surface area contributed by atoms with E-state index in [-0.39, 0.29) is 11.8 Å². The van der Waals surface area contributed by atoms with Crippen LogP contribution in [0.3, 0.4) is 0 Å². The molecule has 0 aliphatic carbocycles. The Balaban J connectivity index is 2.46. The van der Waals surface area contributed by atoms with Crippen molar-refractivity contribution in [2.45, 2.75) is 6.92 Å². The van der Waals surface area contributed by atoms with Crippen LogP contribution in [-0.2, 0) is 9.59 Å². The van der Waals surface area contributed by atoms with Crippen LogP contribution in [0.1, 0.15) is 5.56 Å². The number of carbonyl (C=O) groups excluding carboxylic acids is 2. The Hall–Kier alpha value is -1.97. The van der Waals surface area contributed by atoms with Crippen molar-refractivity contribution >= 4 is 17.5 Å². The van der Waals surface area contributed by atoms with E-state index in [4.69, 9.17) is 0 Å². The third-order valence-corrected chi connectivity index (χ3v) is 2.04. The number of hydrogen-bond acceptors (Lipinski definition) is 3. The number of carbonyl (C=O) groups is 2. The number of hydrogen-bond donors (Lipinski definition) is 0. The largest absolute Gasteiger partial charge is 0.269 e. The van der Waals surface area contributed by atoms with Gasteiger partial charge in [-0.05, 0) is 18.6 Å². The van der Waals surface area contributed by atoms with Crippen molar-refractivity contribution in [1.82, 2.24) is 4.98 Å². The molecule has 2 heterocycles. The Kier molecular flexibility index (Phi) is 1.89. The fraction of sp³-hybridized carbons (Fsp3) is 0.100. The summed E-state index contributed by atoms with van der Waals surface area (Å²) in [5.74, 6) is -0.603. The van der Waals surface area contributed by atoms with E-state index < -0.39 is 0 Å². The maximum Gasteiger partial charge on any atom is 0.258 e. The average molecular weight is 188 g/mol. The standard InChI is InChI=1S/C10H8N2O2/c1-7-6-11-5-4-8(7)12-9(13)2-3-10(12)14/h2-6H,1H3. The SMILES string of the molecule is Cc1cnccc1N1C(=O)C=CC1=O. The summed E-state index contributed by atoms with van der Waals surface area (Å²) in [6.07, 6.45) is 5.71. The zero-order valence-electron chi connectivity index (χ0n) is 7.60. The molecule has 14 heavy (non-hydrogen) atoms. The molecule has 0 radical (unpaired) electrons. The van der Waals surface area contributed by atoms with E-state index >= 15 is 0 Å². The summed E-state index contributed by atoms with van der Waals surface area (Å²) in [5, 5.41) is 0. The normalized spacial score (nSPS) is 15.4. The smallest absolute Gasteiger partial charge is 0.258 e. The van der Waals surface area contributed by atoms with E-state index in [2.05, 4.69) is 4.98 Å². The highest BCUT2D eigenvalue weighted by molar-refractivity contribution is 6.28. The first-order chi connectivity index (χ1) is 6.70. The number of pyridine rings is 1. The first-order valence-electron chi connectivity index (χ1n) is 4.17. The molecule has 0 N–H and O–H groups in total. The highest BCUT2D eigenvalue weighted by Gasteiger charge is 2.25. The number of imide groups is 1. The van der Waals surface area contributed by atoms with E-state index in [9.17, 15) is 9.59 Å². The van der Waals surface area contributed by atoms with E-state index in [1.165, 1.54) is 12.2 Å². The molecule has 0 fully saturated rings. The zero-order chi connectivity index (χ0) is 10.1. The van der Waals surface area contributed by atoms with Gasteiger partial charge >= 0.3 is 0 Å². The summed E-state index contributed by atoms with van der Waals surface area (Å²) in [7, 11) is 0. The van der Waals surface area contributed by atoms with Crippen LogP contribution in [0, 0.1) is 6.92 Å². The second-order valence-electron chi connectivity index (χ2n) is 3.01.